The van der Waals surface area contributed by atoms with Gasteiger partial charge < -0.3 is 10.2 Å². The number of nitrogens with zero attached hydrogens (tertiary/aromatic N) is 1. The Morgan fingerprint density at radius 1 is 0.769 bits per heavy atom. The molecule has 0 amide bonds. The van der Waals surface area contributed by atoms with Crippen LogP contribution in [0.15, 0.2) is 60.7 Å². The molecule has 2 aromatic rings. The van der Waals surface area contributed by atoms with Crippen molar-refractivity contribution in [1.82, 2.24) is 4.90 Å². The standard InChI is InChI=1S/C22H29NO2.ClH/c24-17-15-23(16-18-25)21-11-13-22(14-12-21,19-7-3-1-4-8-19)20-9-5-2-6-10-20;/h1-10,21,24-25H,11-18H2;1H. The molecular formula is C22H30ClNO2. The van der Waals surface area contributed by atoms with Gasteiger partial charge in [-0.3, -0.25) is 4.90 Å². The van der Waals surface area contributed by atoms with Crippen molar-refractivity contribution in [1.29, 1.82) is 0 Å². The van der Waals surface area contributed by atoms with Crippen LogP contribution >= 0.6 is 12.4 Å². The summed E-state index contributed by atoms with van der Waals surface area (Å²) >= 11 is 0. The summed E-state index contributed by atoms with van der Waals surface area (Å²) in [5, 5.41) is 18.7. The largest absolute Gasteiger partial charge is 0.395 e. The van der Waals surface area contributed by atoms with Crippen LogP contribution in [0.1, 0.15) is 36.8 Å². The molecule has 2 N–H and O–H groups in total. The van der Waals surface area contributed by atoms with E-state index < -0.39 is 0 Å². The molecule has 0 bridgehead atoms. The summed E-state index contributed by atoms with van der Waals surface area (Å²) in [7, 11) is 0. The molecule has 0 radical (unpaired) electrons. The molecule has 3 nitrogen and oxygen atoms in total. The van der Waals surface area contributed by atoms with Crippen LogP contribution in [0.2, 0.25) is 0 Å². The first-order valence-electron chi connectivity index (χ1n) is 9.37. The SMILES string of the molecule is Cl.OCCN(CCO)C1CCC(c2ccccc2)(c2ccccc2)CC1. The van der Waals surface area contributed by atoms with Crippen molar-refractivity contribution in [3.63, 3.8) is 0 Å². The number of aliphatic hydroxyl groups is 2. The molecule has 1 fully saturated rings. The van der Waals surface area contributed by atoms with E-state index in [2.05, 4.69) is 65.6 Å². The summed E-state index contributed by atoms with van der Waals surface area (Å²) in [6, 6.07) is 22.2. The lowest BCUT2D eigenvalue weighted by Crippen LogP contribution is -2.45. The maximum Gasteiger partial charge on any atom is 0.0558 e. The Hall–Kier alpha value is -1.39. The molecular weight excluding hydrogens is 346 g/mol. The number of rotatable bonds is 7. The average Bonchev–Trinajstić information content (AvgIpc) is 2.69. The van der Waals surface area contributed by atoms with Crippen molar-refractivity contribution in [2.45, 2.75) is 37.1 Å². The number of halogens is 1. The van der Waals surface area contributed by atoms with Gasteiger partial charge >= 0.3 is 0 Å². The number of hydrogen-bond acceptors (Lipinski definition) is 3. The normalized spacial score (nSPS) is 17.0. The molecule has 0 heterocycles. The predicted molar refractivity (Wildman–Crippen MR) is 109 cm³/mol. The topological polar surface area (TPSA) is 43.7 Å². The molecule has 1 aliphatic rings. The smallest absolute Gasteiger partial charge is 0.0558 e. The van der Waals surface area contributed by atoms with E-state index in [1.165, 1.54) is 11.1 Å². The van der Waals surface area contributed by atoms with Crippen LogP contribution in [0.4, 0.5) is 0 Å². The zero-order valence-corrected chi connectivity index (χ0v) is 16.1. The van der Waals surface area contributed by atoms with Gasteiger partial charge in [0, 0.05) is 24.5 Å². The summed E-state index contributed by atoms with van der Waals surface area (Å²) in [4.78, 5) is 2.25. The van der Waals surface area contributed by atoms with E-state index in [1.54, 1.807) is 0 Å². The second-order valence-corrected chi connectivity index (χ2v) is 7.03. The second kappa shape index (κ2) is 10.1. The summed E-state index contributed by atoms with van der Waals surface area (Å²) in [6.07, 6.45) is 4.37. The fraction of sp³-hybridized carbons (Fsp3) is 0.455. The molecule has 0 aromatic heterocycles. The van der Waals surface area contributed by atoms with E-state index in [0.29, 0.717) is 19.1 Å². The van der Waals surface area contributed by atoms with Crippen molar-refractivity contribution < 1.29 is 10.2 Å². The monoisotopic (exact) mass is 375 g/mol. The Morgan fingerprint density at radius 2 is 1.19 bits per heavy atom. The zero-order valence-electron chi connectivity index (χ0n) is 15.3. The molecule has 4 heteroatoms. The molecule has 3 rings (SSSR count). The van der Waals surface area contributed by atoms with Crippen LogP contribution in [0.5, 0.6) is 0 Å². The van der Waals surface area contributed by atoms with Crippen LogP contribution < -0.4 is 0 Å². The molecule has 2 aromatic carbocycles. The maximum atomic E-state index is 9.33. The number of aliphatic hydroxyl groups excluding tert-OH is 2. The highest BCUT2D eigenvalue weighted by Crippen LogP contribution is 2.45. The molecule has 142 valence electrons. The third-order valence-corrected chi connectivity index (χ3v) is 5.75. The molecule has 26 heavy (non-hydrogen) atoms. The van der Waals surface area contributed by atoms with Gasteiger partial charge in [0.05, 0.1) is 13.2 Å². The van der Waals surface area contributed by atoms with Gasteiger partial charge in [0.2, 0.25) is 0 Å². The Kier molecular flexibility index (Phi) is 8.11. The lowest BCUT2D eigenvalue weighted by molar-refractivity contribution is 0.0893. The van der Waals surface area contributed by atoms with E-state index in [9.17, 15) is 10.2 Å². The highest BCUT2D eigenvalue weighted by atomic mass is 35.5. The quantitative estimate of drug-likeness (QED) is 0.776. The van der Waals surface area contributed by atoms with Crippen molar-refractivity contribution in [3.8, 4) is 0 Å². The van der Waals surface area contributed by atoms with Gasteiger partial charge in [-0.2, -0.15) is 0 Å². The first-order chi connectivity index (χ1) is 12.3. The lowest BCUT2D eigenvalue weighted by atomic mass is 9.64. The van der Waals surface area contributed by atoms with E-state index >= 15 is 0 Å². The Bertz CT molecular complexity index is 580. The summed E-state index contributed by atoms with van der Waals surface area (Å²) in [5.41, 5.74) is 2.87. The summed E-state index contributed by atoms with van der Waals surface area (Å²) < 4.78 is 0. The second-order valence-electron chi connectivity index (χ2n) is 7.03. The van der Waals surface area contributed by atoms with Crippen molar-refractivity contribution in [3.05, 3.63) is 71.8 Å². The van der Waals surface area contributed by atoms with E-state index in [-0.39, 0.29) is 31.0 Å². The van der Waals surface area contributed by atoms with E-state index in [0.717, 1.165) is 25.7 Å². The molecule has 0 aliphatic heterocycles. The fourth-order valence-electron chi connectivity index (χ4n) is 4.45. The van der Waals surface area contributed by atoms with Crippen LogP contribution in [0.3, 0.4) is 0 Å². The third kappa shape index (κ3) is 4.47. The highest BCUT2D eigenvalue weighted by Gasteiger charge is 2.39. The molecule has 1 saturated carbocycles. The summed E-state index contributed by atoms with van der Waals surface area (Å²) in [6.45, 7) is 1.60. The molecule has 0 atom stereocenters. The fourth-order valence-corrected chi connectivity index (χ4v) is 4.45. The van der Waals surface area contributed by atoms with Crippen LogP contribution in [-0.4, -0.2) is 47.5 Å². The van der Waals surface area contributed by atoms with Crippen molar-refractivity contribution in [2.75, 3.05) is 26.3 Å². The van der Waals surface area contributed by atoms with Gasteiger partial charge in [0.15, 0.2) is 0 Å². The third-order valence-electron chi connectivity index (χ3n) is 5.75. The average molecular weight is 376 g/mol. The summed E-state index contributed by atoms with van der Waals surface area (Å²) in [5.74, 6) is 0. The van der Waals surface area contributed by atoms with Crippen molar-refractivity contribution >= 4 is 12.4 Å². The highest BCUT2D eigenvalue weighted by molar-refractivity contribution is 5.85. The van der Waals surface area contributed by atoms with Gasteiger partial charge in [-0.15, -0.1) is 12.4 Å². The minimum atomic E-state index is 0. The molecule has 0 spiro atoms. The first kappa shape index (κ1) is 20.9. The Labute approximate surface area is 163 Å². The van der Waals surface area contributed by atoms with Gasteiger partial charge in [-0.05, 0) is 36.8 Å². The Morgan fingerprint density at radius 3 is 1.58 bits per heavy atom. The molecule has 1 aliphatic carbocycles. The Balaban J connectivity index is 0.00000243. The van der Waals surface area contributed by atoms with Crippen LogP contribution in [-0.2, 0) is 5.41 Å². The van der Waals surface area contributed by atoms with Crippen LogP contribution in [0.25, 0.3) is 0 Å². The minimum absolute atomic E-state index is 0. The lowest BCUT2D eigenvalue weighted by Gasteiger charge is -2.44. The molecule has 0 unspecified atom stereocenters. The van der Waals surface area contributed by atoms with Gasteiger partial charge in [-0.1, -0.05) is 60.7 Å². The number of benzene rings is 2. The van der Waals surface area contributed by atoms with Crippen LogP contribution in [0, 0.1) is 0 Å². The minimum Gasteiger partial charge on any atom is -0.395 e. The first-order valence-corrected chi connectivity index (χ1v) is 9.37. The van der Waals surface area contributed by atoms with Crippen molar-refractivity contribution in [2.24, 2.45) is 0 Å². The number of hydrogen-bond donors (Lipinski definition) is 2. The predicted octanol–water partition coefficient (Wildman–Crippen LogP) is 3.62. The zero-order chi connectivity index (χ0) is 17.5. The van der Waals surface area contributed by atoms with E-state index in [1.807, 2.05) is 0 Å². The van der Waals surface area contributed by atoms with Gasteiger partial charge in [0.1, 0.15) is 0 Å². The van der Waals surface area contributed by atoms with E-state index in [4.69, 9.17) is 0 Å². The maximum absolute atomic E-state index is 9.33. The van der Waals surface area contributed by atoms with Gasteiger partial charge in [-0.25, -0.2) is 0 Å². The molecule has 0 saturated heterocycles. The van der Waals surface area contributed by atoms with Gasteiger partial charge in [0.25, 0.3) is 0 Å².